The third-order valence-corrected chi connectivity index (χ3v) is 5.74. The molecular formula is C22H19N3O. The Morgan fingerprint density at radius 3 is 2.23 bits per heavy atom. The minimum atomic E-state index is -0.152. The molecule has 6 rings (SSSR count). The number of nitrogens with one attached hydrogen (secondary N) is 1. The second-order valence-electron chi connectivity index (χ2n) is 7.08. The zero-order valence-electron chi connectivity index (χ0n) is 14.3. The van der Waals surface area contributed by atoms with Crippen molar-refractivity contribution in [3.63, 3.8) is 0 Å². The van der Waals surface area contributed by atoms with Crippen LogP contribution in [0.2, 0.25) is 0 Å². The topological polar surface area (TPSA) is 54.9 Å². The molecule has 1 atom stereocenters. The molecule has 0 aliphatic heterocycles. The number of fused-ring (bicyclic) bond motifs is 1. The van der Waals surface area contributed by atoms with Crippen LogP contribution in [0.4, 0.5) is 0 Å². The highest BCUT2D eigenvalue weighted by atomic mass is 16.1. The number of nitrogens with zero attached hydrogens (tertiary/aromatic N) is 2. The van der Waals surface area contributed by atoms with Crippen molar-refractivity contribution in [1.82, 2.24) is 15.3 Å². The maximum atomic E-state index is 12.4. The fraction of sp³-hybridized carbons (Fsp3) is 0.227. The average molecular weight is 341 g/mol. The molecule has 3 aromatic rings. The highest BCUT2D eigenvalue weighted by molar-refractivity contribution is 5.91. The summed E-state index contributed by atoms with van der Waals surface area (Å²) >= 11 is 0. The van der Waals surface area contributed by atoms with Gasteiger partial charge in [0, 0.05) is 30.8 Å². The Labute approximate surface area is 152 Å². The molecule has 1 N–H and O–H groups in total. The van der Waals surface area contributed by atoms with Crippen molar-refractivity contribution in [3.8, 4) is 0 Å². The molecule has 1 aromatic heterocycles. The van der Waals surface area contributed by atoms with E-state index in [1.807, 2.05) is 0 Å². The van der Waals surface area contributed by atoms with Gasteiger partial charge >= 0.3 is 0 Å². The number of aromatic nitrogens is 2. The number of carbonyl (C=O) groups excluding carboxylic acids is 1. The summed E-state index contributed by atoms with van der Waals surface area (Å²) in [6, 6.07) is 17.5. The Bertz CT molecular complexity index is 922. The lowest BCUT2D eigenvalue weighted by Gasteiger charge is -2.45. The first-order valence-corrected chi connectivity index (χ1v) is 9.05. The molecule has 3 aliphatic rings. The number of benzene rings is 2. The Morgan fingerprint density at radius 1 is 0.962 bits per heavy atom. The van der Waals surface area contributed by atoms with Crippen molar-refractivity contribution < 1.29 is 4.79 Å². The van der Waals surface area contributed by atoms with Gasteiger partial charge in [0.05, 0.1) is 6.20 Å². The van der Waals surface area contributed by atoms with Gasteiger partial charge in [-0.1, -0.05) is 48.5 Å². The van der Waals surface area contributed by atoms with Crippen LogP contribution < -0.4 is 5.32 Å². The second-order valence-corrected chi connectivity index (χ2v) is 7.08. The van der Waals surface area contributed by atoms with E-state index in [2.05, 4.69) is 63.8 Å². The van der Waals surface area contributed by atoms with Gasteiger partial charge in [0.15, 0.2) is 0 Å². The SMILES string of the molecule is O=C(NCC1CC2c3ccccc3C1c1ccccc12)c1cnccn1. The smallest absolute Gasteiger partial charge is 0.271 e. The Balaban J connectivity index is 1.45. The van der Waals surface area contributed by atoms with Crippen LogP contribution in [0.3, 0.4) is 0 Å². The molecule has 3 aliphatic carbocycles. The van der Waals surface area contributed by atoms with Crippen molar-refractivity contribution in [2.45, 2.75) is 18.3 Å². The van der Waals surface area contributed by atoms with E-state index in [4.69, 9.17) is 0 Å². The molecule has 0 spiro atoms. The van der Waals surface area contributed by atoms with Crippen LogP contribution in [0.1, 0.15) is 51.0 Å². The summed E-state index contributed by atoms with van der Waals surface area (Å²) in [5.41, 5.74) is 6.11. The van der Waals surface area contributed by atoms with Gasteiger partial charge in [0.2, 0.25) is 0 Å². The molecule has 128 valence electrons. The van der Waals surface area contributed by atoms with Crippen molar-refractivity contribution in [1.29, 1.82) is 0 Å². The molecule has 4 nitrogen and oxygen atoms in total. The first kappa shape index (κ1) is 15.3. The molecule has 1 amide bonds. The Kier molecular flexibility index (Phi) is 3.56. The second kappa shape index (κ2) is 6.06. The van der Waals surface area contributed by atoms with E-state index >= 15 is 0 Å². The predicted molar refractivity (Wildman–Crippen MR) is 99.0 cm³/mol. The lowest BCUT2D eigenvalue weighted by Crippen LogP contribution is -2.39. The van der Waals surface area contributed by atoms with Gasteiger partial charge in [0.25, 0.3) is 5.91 Å². The van der Waals surface area contributed by atoms with Crippen molar-refractivity contribution >= 4 is 5.91 Å². The van der Waals surface area contributed by atoms with Crippen LogP contribution in [-0.2, 0) is 0 Å². The van der Waals surface area contributed by atoms with Gasteiger partial charge in [-0.15, -0.1) is 0 Å². The van der Waals surface area contributed by atoms with Crippen LogP contribution in [0, 0.1) is 5.92 Å². The lowest BCUT2D eigenvalue weighted by molar-refractivity contribution is 0.0937. The van der Waals surface area contributed by atoms with Gasteiger partial charge in [0.1, 0.15) is 5.69 Å². The molecule has 2 aromatic carbocycles. The minimum absolute atomic E-state index is 0.152. The lowest BCUT2D eigenvalue weighted by atomic mass is 9.59. The molecule has 2 bridgehead atoms. The molecule has 26 heavy (non-hydrogen) atoms. The summed E-state index contributed by atoms with van der Waals surface area (Å²) in [7, 11) is 0. The van der Waals surface area contributed by atoms with Crippen LogP contribution in [0.25, 0.3) is 0 Å². The van der Waals surface area contributed by atoms with E-state index in [1.165, 1.54) is 28.5 Å². The summed E-state index contributed by atoms with van der Waals surface area (Å²) < 4.78 is 0. The van der Waals surface area contributed by atoms with E-state index in [-0.39, 0.29) is 5.91 Å². The summed E-state index contributed by atoms with van der Waals surface area (Å²) in [6.07, 6.45) is 5.70. The summed E-state index contributed by atoms with van der Waals surface area (Å²) in [6.45, 7) is 0.652. The first-order chi connectivity index (χ1) is 12.8. The van der Waals surface area contributed by atoms with Gasteiger partial charge in [-0.25, -0.2) is 4.98 Å². The normalized spacial score (nSPS) is 22.4. The summed E-state index contributed by atoms with van der Waals surface area (Å²) in [4.78, 5) is 20.4. The minimum Gasteiger partial charge on any atom is -0.350 e. The van der Waals surface area contributed by atoms with E-state index in [0.717, 1.165) is 6.42 Å². The van der Waals surface area contributed by atoms with Crippen molar-refractivity contribution in [3.05, 3.63) is 95.1 Å². The predicted octanol–water partition coefficient (Wildman–Crippen LogP) is 3.50. The molecular weight excluding hydrogens is 322 g/mol. The highest BCUT2D eigenvalue weighted by Gasteiger charge is 2.42. The first-order valence-electron chi connectivity index (χ1n) is 9.05. The van der Waals surface area contributed by atoms with Crippen LogP contribution >= 0.6 is 0 Å². The number of amides is 1. The number of hydrogen-bond acceptors (Lipinski definition) is 3. The van der Waals surface area contributed by atoms with E-state index in [9.17, 15) is 4.79 Å². The molecule has 0 saturated heterocycles. The van der Waals surface area contributed by atoms with Gasteiger partial charge in [-0.05, 0) is 34.6 Å². The Morgan fingerprint density at radius 2 is 1.62 bits per heavy atom. The monoisotopic (exact) mass is 341 g/mol. The zero-order chi connectivity index (χ0) is 17.5. The maximum Gasteiger partial charge on any atom is 0.271 e. The largest absolute Gasteiger partial charge is 0.350 e. The Hall–Kier alpha value is -3.01. The average Bonchev–Trinajstić information content (AvgIpc) is 2.73. The van der Waals surface area contributed by atoms with E-state index in [1.54, 1.807) is 12.4 Å². The van der Waals surface area contributed by atoms with Crippen LogP contribution in [0.15, 0.2) is 67.1 Å². The molecule has 0 fully saturated rings. The molecule has 0 saturated carbocycles. The third-order valence-electron chi connectivity index (χ3n) is 5.74. The molecule has 1 unspecified atom stereocenters. The zero-order valence-corrected chi connectivity index (χ0v) is 14.3. The van der Waals surface area contributed by atoms with Gasteiger partial charge < -0.3 is 5.32 Å². The van der Waals surface area contributed by atoms with E-state index in [0.29, 0.717) is 30.0 Å². The van der Waals surface area contributed by atoms with Crippen LogP contribution in [0.5, 0.6) is 0 Å². The van der Waals surface area contributed by atoms with Crippen LogP contribution in [-0.4, -0.2) is 22.4 Å². The standard InChI is InChI=1S/C22H19N3O/c26-22(20-13-23-9-10-24-20)25-12-14-11-19-15-5-1-3-7-17(15)21(14)18-8-4-2-6-16(18)19/h1-10,13-14,19,21H,11-12H2,(H,25,26). The van der Waals surface area contributed by atoms with Crippen molar-refractivity contribution in [2.75, 3.05) is 6.54 Å². The summed E-state index contributed by atoms with van der Waals surface area (Å²) in [5.74, 6) is 1.01. The summed E-state index contributed by atoms with van der Waals surface area (Å²) in [5, 5.41) is 3.07. The highest BCUT2D eigenvalue weighted by Crippen LogP contribution is 2.55. The molecule has 1 heterocycles. The third kappa shape index (κ3) is 2.33. The number of rotatable bonds is 3. The molecule has 0 radical (unpaired) electrons. The van der Waals surface area contributed by atoms with Gasteiger partial charge in [-0.3, -0.25) is 9.78 Å². The fourth-order valence-corrected chi connectivity index (χ4v) is 4.69. The van der Waals surface area contributed by atoms with Gasteiger partial charge in [-0.2, -0.15) is 0 Å². The fourth-order valence-electron chi connectivity index (χ4n) is 4.69. The maximum absolute atomic E-state index is 12.4. The quantitative estimate of drug-likeness (QED) is 0.793. The number of hydrogen-bond donors (Lipinski definition) is 1. The van der Waals surface area contributed by atoms with Crippen molar-refractivity contribution in [2.24, 2.45) is 5.92 Å². The number of carbonyl (C=O) groups is 1. The molecule has 4 heteroatoms. The van der Waals surface area contributed by atoms with E-state index < -0.39 is 0 Å².